The van der Waals surface area contributed by atoms with E-state index in [0.717, 1.165) is 32.1 Å². The second kappa shape index (κ2) is 9.73. The third-order valence-corrected chi connectivity index (χ3v) is 9.06. The van der Waals surface area contributed by atoms with Crippen molar-refractivity contribution in [3.63, 3.8) is 0 Å². The van der Waals surface area contributed by atoms with Gasteiger partial charge in [0.15, 0.2) is 0 Å². The fourth-order valence-corrected chi connectivity index (χ4v) is 7.32. The number of piperazine rings is 1. The van der Waals surface area contributed by atoms with Gasteiger partial charge < -0.3 is 9.84 Å². The summed E-state index contributed by atoms with van der Waals surface area (Å²) in [6.45, 7) is 12.2. The van der Waals surface area contributed by atoms with E-state index >= 15 is 0 Å². The Morgan fingerprint density at radius 1 is 0.912 bits per heavy atom. The van der Waals surface area contributed by atoms with Crippen molar-refractivity contribution in [3.8, 4) is 0 Å². The first-order valence-electron chi connectivity index (χ1n) is 13.2. The number of aliphatic hydroxyl groups is 1. The van der Waals surface area contributed by atoms with E-state index in [1.165, 1.54) is 30.4 Å². The molecular formula is C30H42N2O2. The summed E-state index contributed by atoms with van der Waals surface area (Å²) in [6, 6.07) is 21.9. The van der Waals surface area contributed by atoms with E-state index in [1.807, 2.05) is 0 Å². The molecule has 1 aliphatic heterocycles. The van der Waals surface area contributed by atoms with Gasteiger partial charge in [0.1, 0.15) is 0 Å². The molecule has 3 fully saturated rings. The maximum absolute atomic E-state index is 10.8. The highest BCUT2D eigenvalue weighted by Crippen LogP contribution is 2.63. The number of fused-ring (bicyclic) bond motifs is 2. The predicted molar refractivity (Wildman–Crippen MR) is 138 cm³/mol. The number of benzene rings is 2. The van der Waals surface area contributed by atoms with Gasteiger partial charge in [-0.15, -0.1) is 0 Å². The molecule has 0 aromatic heterocycles. The Kier molecular flexibility index (Phi) is 6.87. The van der Waals surface area contributed by atoms with Crippen LogP contribution in [0.15, 0.2) is 60.7 Å². The van der Waals surface area contributed by atoms with Crippen LogP contribution >= 0.6 is 0 Å². The van der Waals surface area contributed by atoms with Crippen LogP contribution in [-0.2, 0) is 4.74 Å². The van der Waals surface area contributed by atoms with Crippen LogP contribution in [0.5, 0.6) is 0 Å². The number of hydrogen-bond donors (Lipinski definition) is 1. The van der Waals surface area contributed by atoms with Gasteiger partial charge in [0.25, 0.3) is 0 Å². The third-order valence-electron chi connectivity index (χ3n) is 9.06. The lowest BCUT2D eigenvalue weighted by atomic mass is 9.70. The fourth-order valence-electron chi connectivity index (χ4n) is 7.32. The number of rotatable bonds is 8. The molecule has 2 aromatic rings. The van der Waals surface area contributed by atoms with E-state index < -0.39 is 6.10 Å². The van der Waals surface area contributed by atoms with Crippen LogP contribution in [0.4, 0.5) is 0 Å². The van der Waals surface area contributed by atoms with Crippen molar-refractivity contribution >= 4 is 0 Å². The van der Waals surface area contributed by atoms with Crippen molar-refractivity contribution in [3.05, 3.63) is 71.8 Å². The Bertz CT molecular complexity index is 881. The molecular weight excluding hydrogens is 420 g/mol. The van der Waals surface area contributed by atoms with Crippen LogP contribution < -0.4 is 0 Å². The molecule has 2 aromatic carbocycles. The Morgan fingerprint density at radius 2 is 1.50 bits per heavy atom. The molecule has 34 heavy (non-hydrogen) atoms. The summed E-state index contributed by atoms with van der Waals surface area (Å²) in [6.07, 6.45) is 3.73. The minimum Gasteiger partial charge on any atom is -0.389 e. The van der Waals surface area contributed by atoms with Gasteiger partial charge in [-0.05, 0) is 47.1 Å². The molecule has 2 saturated carbocycles. The molecule has 2 bridgehead atoms. The van der Waals surface area contributed by atoms with E-state index in [0.29, 0.717) is 18.6 Å². The molecule has 0 spiro atoms. The van der Waals surface area contributed by atoms with Crippen LogP contribution in [-0.4, -0.2) is 66.4 Å². The molecule has 184 valence electrons. The SMILES string of the molecule is CC1(C)[C@H]2CC[C@@](C)(C2)[C@@H]1OC[C@H](O)CN1CCN(C(c2ccccc2)c2ccccc2)CC1. The molecule has 1 saturated heterocycles. The number of ether oxygens (including phenoxy) is 1. The molecule has 5 rings (SSSR count). The average Bonchev–Trinajstić information content (AvgIpc) is 3.32. The Labute approximate surface area is 205 Å². The first-order valence-corrected chi connectivity index (χ1v) is 13.2. The molecule has 1 N–H and O–H groups in total. The highest BCUT2D eigenvalue weighted by molar-refractivity contribution is 5.32. The van der Waals surface area contributed by atoms with Gasteiger partial charge in [-0.3, -0.25) is 9.80 Å². The van der Waals surface area contributed by atoms with Crippen molar-refractivity contribution in [2.75, 3.05) is 39.3 Å². The molecule has 3 aliphatic rings. The Balaban J connectivity index is 1.15. The quantitative estimate of drug-likeness (QED) is 0.600. The fraction of sp³-hybridized carbons (Fsp3) is 0.600. The van der Waals surface area contributed by atoms with Crippen LogP contribution in [0, 0.1) is 16.7 Å². The molecule has 0 unspecified atom stereocenters. The van der Waals surface area contributed by atoms with Gasteiger partial charge in [0.05, 0.1) is 24.9 Å². The highest BCUT2D eigenvalue weighted by atomic mass is 16.5. The van der Waals surface area contributed by atoms with Crippen LogP contribution in [0.2, 0.25) is 0 Å². The lowest BCUT2D eigenvalue weighted by molar-refractivity contribution is -0.114. The molecule has 4 nitrogen and oxygen atoms in total. The number of nitrogens with zero attached hydrogens (tertiary/aromatic N) is 2. The summed E-state index contributed by atoms with van der Waals surface area (Å²) in [5.41, 5.74) is 3.21. The average molecular weight is 463 g/mol. The lowest BCUT2D eigenvalue weighted by Crippen LogP contribution is -2.50. The number of hydrogen-bond acceptors (Lipinski definition) is 4. The van der Waals surface area contributed by atoms with Crippen molar-refractivity contribution < 1.29 is 9.84 Å². The summed E-state index contributed by atoms with van der Waals surface area (Å²) in [5.74, 6) is 0.773. The van der Waals surface area contributed by atoms with Crippen molar-refractivity contribution in [1.82, 2.24) is 9.80 Å². The molecule has 4 atom stereocenters. The van der Waals surface area contributed by atoms with E-state index in [9.17, 15) is 5.11 Å². The molecule has 0 amide bonds. The highest BCUT2D eigenvalue weighted by Gasteiger charge is 2.60. The van der Waals surface area contributed by atoms with Gasteiger partial charge in [-0.1, -0.05) is 81.4 Å². The van der Waals surface area contributed by atoms with Gasteiger partial charge in [0.2, 0.25) is 0 Å². The van der Waals surface area contributed by atoms with E-state index in [2.05, 4.69) is 91.2 Å². The maximum atomic E-state index is 10.8. The number of aliphatic hydroxyl groups excluding tert-OH is 1. The zero-order valence-corrected chi connectivity index (χ0v) is 21.2. The van der Waals surface area contributed by atoms with E-state index in [-0.39, 0.29) is 17.6 Å². The zero-order chi connectivity index (χ0) is 23.8. The monoisotopic (exact) mass is 462 g/mol. The minimum atomic E-state index is -0.427. The maximum Gasteiger partial charge on any atom is 0.0900 e. The van der Waals surface area contributed by atoms with Gasteiger partial charge in [-0.25, -0.2) is 0 Å². The van der Waals surface area contributed by atoms with Crippen LogP contribution in [0.25, 0.3) is 0 Å². The standard InChI is InChI=1S/C30H42N2O2/c1-29(2)25-14-15-30(3,20-25)28(29)34-22-26(33)21-31-16-18-32(19-17-31)27(23-10-6-4-7-11-23)24-12-8-5-9-13-24/h4-13,25-28,33H,14-22H2,1-3H3/t25-,26+,28+,30-/m0/s1. The van der Waals surface area contributed by atoms with E-state index in [1.54, 1.807) is 0 Å². The van der Waals surface area contributed by atoms with E-state index in [4.69, 9.17) is 4.74 Å². The predicted octanol–water partition coefficient (Wildman–Crippen LogP) is 4.99. The normalized spacial score (nSPS) is 30.1. The molecule has 0 radical (unpaired) electrons. The van der Waals surface area contributed by atoms with Gasteiger partial charge in [-0.2, -0.15) is 0 Å². The van der Waals surface area contributed by atoms with Crippen LogP contribution in [0.1, 0.15) is 57.2 Å². The summed E-state index contributed by atoms with van der Waals surface area (Å²) in [4.78, 5) is 4.99. The van der Waals surface area contributed by atoms with Crippen molar-refractivity contribution in [2.24, 2.45) is 16.7 Å². The third kappa shape index (κ3) is 4.70. The second-order valence-corrected chi connectivity index (χ2v) is 11.8. The summed E-state index contributed by atoms with van der Waals surface area (Å²) >= 11 is 0. The smallest absolute Gasteiger partial charge is 0.0900 e. The second-order valence-electron chi connectivity index (χ2n) is 11.8. The topological polar surface area (TPSA) is 35.9 Å². The van der Waals surface area contributed by atoms with Gasteiger partial charge >= 0.3 is 0 Å². The number of β-amino-alcohol motifs (C(OH)–C–C–N with tert-alkyl or cyclic N) is 1. The largest absolute Gasteiger partial charge is 0.389 e. The zero-order valence-electron chi connectivity index (χ0n) is 21.2. The molecule has 4 heteroatoms. The van der Waals surface area contributed by atoms with Crippen molar-refractivity contribution in [1.29, 1.82) is 0 Å². The summed E-state index contributed by atoms with van der Waals surface area (Å²) in [5, 5.41) is 10.8. The first kappa shape index (κ1) is 24.0. The van der Waals surface area contributed by atoms with Crippen molar-refractivity contribution in [2.45, 2.75) is 58.3 Å². The first-order chi connectivity index (χ1) is 16.4. The van der Waals surface area contributed by atoms with Gasteiger partial charge in [0, 0.05) is 32.7 Å². The lowest BCUT2D eigenvalue weighted by Gasteiger charge is -2.43. The molecule has 2 aliphatic carbocycles. The van der Waals surface area contributed by atoms with Crippen LogP contribution in [0.3, 0.4) is 0 Å². The molecule has 1 heterocycles. The Hall–Kier alpha value is -1.72. The Morgan fingerprint density at radius 3 is 2.03 bits per heavy atom. The summed E-state index contributed by atoms with van der Waals surface area (Å²) in [7, 11) is 0. The minimum absolute atomic E-state index is 0.224. The summed E-state index contributed by atoms with van der Waals surface area (Å²) < 4.78 is 6.45.